The van der Waals surface area contributed by atoms with Crippen LogP contribution in [-0.4, -0.2) is 46.3 Å². The molecule has 164 valence electrons. The number of nitrogens with zero attached hydrogens (tertiary/aromatic N) is 2. The van der Waals surface area contributed by atoms with Crippen LogP contribution in [0.5, 0.6) is 0 Å². The van der Waals surface area contributed by atoms with E-state index in [9.17, 15) is 4.79 Å². The number of H-pyrrole nitrogens is 1. The van der Waals surface area contributed by atoms with E-state index in [0.29, 0.717) is 13.2 Å². The molecule has 1 aromatic heterocycles. The summed E-state index contributed by atoms with van der Waals surface area (Å²) in [5.41, 5.74) is 1.34. The van der Waals surface area contributed by atoms with E-state index in [2.05, 4.69) is 45.2 Å². The molecule has 0 saturated carbocycles. The number of carbonyl (C=O) groups excluding carboxylic acids is 1. The van der Waals surface area contributed by atoms with Gasteiger partial charge in [-0.05, 0) is 63.6 Å². The molecule has 0 radical (unpaired) electrons. The van der Waals surface area contributed by atoms with Crippen molar-refractivity contribution in [2.45, 2.75) is 51.7 Å². The lowest BCUT2D eigenvalue weighted by molar-refractivity contribution is -0.00754. The molecule has 0 unspecified atom stereocenters. The molecule has 2 atom stereocenters. The average molecular weight is 486 g/mol. The Morgan fingerprint density at radius 2 is 2.16 bits per heavy atom. The van der Waals surface area contributed by atoms with E-state index in [-0.39, 0.29) is 17.6 Å². The van der Waals surface area contributed by atoms with E-state index in [4.69, 9.17) is 14.5 Å². The number of likely N-dealkylation sites (tertiary alicyclic amines) is 1. The molecule has 1 spiro atoms. The van der Waals surface area contributed by atoms with Gasteiger partial charge in [0.15, 0.2) is 0 Å². The van der Waals surface area contributed by atoms with Gasteiger partial charge in [0.05, 0.1) is 23.7 Å². The van der Waals surface area contributed by atoms with Crippen LogP contribution < -0.4 is 0 Å². The fourth-order valence-electron chi connectivity index (χ4n) is 4.96. The van der Waals surface area contributed by atoms with Crippen molar-refractivity contribution in [1.29, 1.82) is 0 Å². The Morgan fingerprint density at radius 3 is 2.90 bits per heavy atom. The van der Waals surface area contributed by atoms with Gasteiger partial charge in [-0.2, -0.15) is 0 Å². The Hall–Kier alpha value is -2.12. The number of nitrogens with one attached hydrogen (secondary N) is 1. The standard InChI is InChI=1S/C24H28BrN3O3/c1-23(2,3)31-22(29)28-13-24(9-4-10-30-14-24)12-19(28)21-26-18-8-5-15-11-16(25)6-7-17(15)20(18)27-21/h5-8,11,19H,4,9-10,12-14H2,1-3H3,(H,26,27)/t19-,24-/m0/s1. The second kappa shape index (κ2) is 7.48. The van der Waals surface area contributed by atoms with Crippen LogP contribution in [0.4, 0.5) is 4.79 Å². The van der Waals surface area contributed by atoms with Gasteiger partial charge in [-0.15, -0.1) is 0 Å². The minimum Gasteiger partial charge on any atom is -0.444 e. The number of ether oxygens (including phenoxy) is 2. The molecule has 5 rings (SSSR count). The van der Waals surface area contributed by atoms with Crippen LogP contribution in [0.15, 0.2) is 34.8 Å². The number of aromatic nitrogens is 2. The Bertz CT molecular complexity index is 1140. The van der Waals surface area contributed by atoms with Gasteiger partial charge in [0.1, 0.15) is 11.4 Å². The van der Waals surface area contributed by atoms with Gasteiger partial charge in [-0.3, -0.25) is 4.90 Å². The summed E-state index contributed by atoms with van der Waals surface area (Å²) in [5, 5.41) is 2.23. The zero-order valence-electron chi connectivity index (χ0n) is 18.2. The van der Waals surface area contributed by atoms with Crippen LogP contribution >= 0.6 is 15.9 Å². The van der Waals surface area contributed by atoms with Crippen LogP contribution in [0.3, 0.4) is 0 Å². The number of fused-ring (bicyclic) bond motifs is 3. The molecule has 2 aliphatic rings. The van der Waals surface area contributed by atoms with Crippen molar-refractivity contribution in [3.63, 3.8) is 0 Å². The lowest BCUT2D eigenvalue weighted by atomic mass is 9.80. The zero-order chi connectivity index (χ0) is 21.8. The molecule has 3 heterocycles. The highest BCUT2D eigenvalue weighted by Gasteiger charge is 2.49. The quantitative estimate of drug-likeness (QED) is 0.461. The van der Waals surface area contributed by atoms with Crippen molar-refractivity contribution >= 4 is 43.8 Å². The first-order valence-electron chi connectivity index (χ1n) is 10.9. The van der Waals surface area contributed by atoms with Crippen LogP contribution in [0, 0.1) is 5.41 Å². The summed E-state index contributed by atoms with van der Waals surface area (Å²) in [6.45, 7) is 7.82. The summed E-state index contributed by atoms with van der Waals surface area (Å²) >= 11 is 3.55. The first-order chi connectivity index (χ1) is 14.7. The minimum absolute atomic E-state index is 0.0360. The number of rotatable bonds is 1. The normalized spacial score (nSPS) is 24.4. The van der Waals surface area contributed by atoms with E-state index in [1.807, 2.05) is 31.7 Å². The number of halogens is 1. The topological polar surface area (TPSA) is 67.4 Å². The van der Waals surface area contributed by atoms with E-state index in [1.165, 1.54) is 0 Å². The third kappa shape index (κ3) is 3.94. The monoisotopic (exact) mass is 485 g/mol. The highest BCUT2D eigenvalue weighted by Crippen LogP contribution is 2.47. The van der Waals surface area contributed by atoms with Crippen LogP contribution in [0.25, 0.3) is 21.8 Å². The Balaban J connectivity index is 1.55. The second-order valence-corrected chi connectivity index (χ2v) is 10.8. The Labute approximate surface area is 190 Å². The SMILES string of the molecule is CC(C)(C)OC(=O)N1C[C@]2(CCCOC2)C[C@H]1c1nc2c(ccc3cc(Br)ccc32)[nH]1. The minimum atomic E-state index is -0.544. The number of aromatic amines is 1. The summed E-state index contributed by atoms with van der Waals surface area (Å²) in [6.07, 6.45) is 2.62. The number of hydrogen-bond donors (Lipinski definition) is 1. The summed E-state index contributed by atoms with van der Waals surface area (Å²) < 4.78 is 12.6. The molecule has 31 heavy (non-hydrogen) atoms. The van der Waals surface area contributed by atoms with Crippen molar-refractivity contribution in [3.8, 4) is 0 Å². The van der Waals surface area contributed by atoms with Gasteiger partial charge in [-0.1, -0.05) is 28.1 Å². The van der Waals surface area contributed by atoms with Crippen molar-refractivity contribution in [3.05, 3.63) is 40.6 Å². The van der Waals surface area contributed by atoms with Crippen molar-refractivity contribution < 1.29 is 14.3 Å². The molecule has 1 amide bonds. The average Bonchev–Trinajstić information content (AvgIpc) is 3.29. The molecule has 2 aromatic carbocycles. The maximum atomic E-state index is 13.2. The molecule has 3 aromatic rings. The van der Waals surface area contributed by atoms with Gasteiger partial charge in [0.2, 0.25) is 0 Å². The molecule has 6 nitrogen and oxygen atoms in total. The van der Waals surface area contributed by atoms with Gasteiger partial charge >= 0.3 is 6.09 Å². The van der Waals surface area contributed by atoms with Gasteiger partial charge in [-0.25, -0.2) is 9.78 Å². The third-order valence-corrected chi connectivity index (χ3v) is 6.80. The van der Waals surface area contributed by atoms with E-state index < -0.39 is 5.60 Å². The predicted octanol–water partition coefficient (Wildman–Crippen LogP) is 5.96. The molecule has 2 aliphatic heterocycles. The summed E-state index contributed by atoms with van der Waals surface area (Å²) in [5.74, 6) is 0.818. The molecule has 2 saturated heterocycles. The summed E-state index contributed by atoms with van der Waals surface area (Å²) in [6, 6.07) is 10.2. The number of benzene rings is 2. The fraction of sp³-hybridized carbons (Fsp3) is 0.500. The molecule has 0 bridgehead atoms. The van der Waals surface area contributed by atoms with Crippen LogP contribution in [0.1, 0.15) is 51.9 Å². The predicted molar refractivity (Wildman–Crippen MR) is 124 cm³/mol. The van der Waals surface area contributed by atoms with E-state index >= 15 is 0 Å². The summed E-state index contributed by atoms with van der Waals surface area (Å²) in [7, 11) is 0. The smallest absolute Gasteiger partial charge is 0.410 e. The fourth-order valence-corrected chi connectivity index (χ4v) is 5.34. The maximum absolute atomic E-state index is 13.2. The first-order valence-corrected chi connectivity index (χ1v) is 11.7. The van der Waals surface area contributed by atoms with E-state index in [1.54, 1.807) is 0 Å². The lowest BCUT2D eigenvalue weighted by Gasteiger charge is -2.33. The van der Waals surface area contributed by atoms with Crippen molar-refractivity contribution in [2.75, 3.05) is 19.8 Å². The van der Waals surface area contributed by atoms with Gasteiger partial charge in [0.25, 0.3) is 0 Å². The third-order valence-electron chi connectivity index (χ3n) is 6.30. The number of imidazole rings is 1. The van der Waals surface area contributed by atoms with Crippen molar-refractivity contribution in [2.24, 2.45) is 5.41 Å². The molecule has 2 fully saturated rings. The molecular formula is C24H28BrN3O3. The van der Waals surface area contributed by atoms with Crippen LogP contribution in [-0.2, 0) is 9.47 Å². The second-order valence-electron chi connectivity index (χ2n) is 9.93. The number of carbonyl (C=O) groups is 1. The lowest BCUT2D eigenvalue weighted by Crippen LogP contribution is -2.40. The highest BCUT2D eigenvalue weighted by molar-refractivity contribution is 9.10. The Kier molecular flexibility index (Phi) is 5.01. The maximum Gasteiger partial charge on any atom is 0.410 e. The van der Waals surface area contributed by atoms with Crippen molar-refractivity contribution in [1.82, 2.24) is 14.9 Å². The Morgan fingerprint density at radius 1 is 1.32 bits per heavy atom. The summed E-state index contributed by atoms with van der Waals surface area (Å²) in [4.78, 5) is 23.5. The first kappa shape index (κ1) is 20.8. The van der Waals surface area contributed by atoms with E-state index in [0.717, 1.165) is 58.0 Å². The molecule has 1 N–H and O–H groups in total. The molecule has 7 heteroatoms. The number of hydrogen-bond acceptors (Lipinski definition) is 4. The number of amides is 1. The molecule has 0 aliphatic carbocycles. The molecular weight excluding hydrogens is 458 g/mol. The van der Waals surface area contributed by atoms with Crippen LogP contribution in [0.2, 0.25) is 0 Å². The largest absolute Gasteiger partial charge is 0.444 e. The zero-order valence-corrected chi connectivity index (χ0v) is 19.8. The van der Waals surface area contributed by atoms with Gasteiger partial charge in [0, 0.05) is 28.4 Å². The van der Waals surface area contributed by atoms with Gasteiger partial charge < -0.3 is 14.5 Å². The highest BCUT2D eigenvalue weighted by atomic mass is 79.9.